The highest BCUT2D eigenvalue weighted by atomic mass is 32.1. The summed E-state index contributed by atoms with van der Waals surface area (Å²) in [6.07, 6.45) is 0. The van der Waals surface area contributed by atoms with Crippen LogP contribution in [0.3, 0.4) is 0 Å². The highest BCUT2D eigenvalue weighted by Crippen LogP contribution is 2.37. The van der Waals surface area contributed by atoms with Crippen molar-refractivity contribution in [3.63, 3.8) is 0 Å². The highest BCUT2D eigenvalue weighted by Gasteiger charge is 2.20. The molecule has 0 fully saturated rings. The lowest BCUT2D eigenvalue weighted by Crippen LogP contribution is -2.04. The molecule has 0 saturated heterocycles. The zero-order valence-corrected chi connectivity index (χ0v) is 25.4. The van der Waals surface area contributed by atoms with E-state index in [0.717, 1.165) is 33.4 Å². The lowest BCUT2D eigenvalue weighted by atomic mass is 10.0. The fourth-order valence-electron chi connectivity index (χ4n) is 6.05. The van der Waals surface area contributed by atoms with Crippen LogP contribution >= 0.6 is 11.3 Å². The molecule has 0 aliphatic carbocycles. The van der Waals surface area contributed by atoms with E-state index in [1.165, 1.54) is 25.7 Å². The average molecular weight is 608 g/mol. The van der Waals surface area contributed by atoms with Crippen LogP contribution in [0, 0.1) is 0 Å². The van der Waals surface area contributed by atoms with E-state index >= 15 is 0 Å². The van der Waals surface area contributed by atoms with Gasteiger partial charge in [0.1, 0.15) is 0 Å². The lowest BCUT2D eigenvalue weighted by Gasteiger charge is -2.11. The molecule has 3 heterocycles. The molecule has 0 spiro atoms. The average Bonchev–Trinajstić information content (AvgIpc) is 3.71. The maximum atomic E-state index is 5.05. The van der Waals surface area contributed by atoms with Crippen molar-refractivity contribution in [3.05, 3.63) is 152 Å². The fourth-order valence-corrected chi connectivity index (χ4v) is 7.14. The minimum atomic E-state index is 0.516. The second kappa shape index (κ2) is 10.9. The van der Waals surface area contributed by atoms with Crippen LogP contribution in [0.5, 0.6) is 0 Å². The Morgan fingerprint density at radius 1 is 0.413 bits per heavy atom. The standard InChI is InChI=1S/C40H25N5S/c1-3-11-27(12-4-1)37-42-38(44-39(43-37)40-41-33-16-8-9-17-34(33)45(40)30-13-5-2-6-14-30)28-21-19-26(20-22-28)29-23-24-36-32(25-29)31-15-7-10-18-35(31)46-36/h1-25H. The third kappa shape index (κ3) is 4.55. The van der Waals surface area contributed by atoms with Crippen LogP contribution in [0.1, 0.15) is 0 Å². The Labute approximate surface area is 269 Å². The molecule has 9 rings (SSSR count). The van der Waals surface area contributed by atoms with Gasteiger partial charge in [-0.25, -0.2) is 19.9 Å². The van der Waals surface area contributed by atoms with Gasteiger partial charge in [-0.05, 0) is 53.6 Å². The molecule has 0 N–H and O–H groups in total. The SMILES string of the molecule is c1ccc(-c2nc(-c3ccc(-c4ccc5sc6ccccc6c5c4)cc3)nc(-c3nc4ccccc4n3-c3ccccc3)n2)cc1. The van der Waals surface area contributed by atoms with E-state index in [-0.39, 0.29) is 0 Å². The topological polar surface area (TPSA) is 56.5 Å². The molecule has 216 valence electrons. The molecular weight excluding hydrogens is 583 g/mol. The third-order valence-electron chi connectivity index (χ3n) is 8.30. The first-order valence-electron chi connectivity index (χ1n) is 15.2. The Bertz CT molecular complexity index is 2520. The number of thiophene rings is 1. The predicted molar refractivity (Wildman–Crippen MR) is 189 cm³/mol. The van der Waals surface area contributed by atoms with Gasteiger partial charge in [-0.1, -0.05) is 109 Å². The number of imidazole rings is 1. The van der Waals surface area contributed by atoms with Gasteiger partial charge >= 0.3 is 0 Å². The number of rotatable bonds is 5. The number of nitrogens with zero attached hydrogens (tertiary/aromatic N) is 5. The van der Waals surface area contributed by atoms with Crippen LogP contribution in [0.2, 0.25) is 0 Å². The van der Waals surface area contributed by atoms with Gasteiger partial charge in [0.2, 0.25) is 0 Å². The summed E-state index contributed by atoms with van der Waals surface area (Å²) in [6.45, 7) is 0. The molecule has 0 bridgehead atoms. The minimum absolute atomic E-state index is 0.516. The van der Waals surface area contributed by atoms with Crippen molar-refractivity contribution in [2.45, 2.75) is 0 Å². The summed E-state index contributed by atoms with van der Waals surface area (Å²) in [4.78, 5) is 20.0. The maximum absolute atomic E-state index is 5.05. The Morgan fingerprint density at radius 2 is 1.00 bits per heavy atom. The molecule has 6 aromatic carbocycles. The molecule has 6 heteroatoms. The van der Waals surface area contributed by atoms with Crippen LogP contribution in [0.15, 0.2) is 152 Å². The Morgan fingerprint density at radius 3 is 1.80 bits per heavy atom. The molecule has 46 heavy (non-hydrogen) atoms. The number of hydrogen-bond donors (Lipinski definition) is 0. The van der Waals surface area contributed by atoms with E-state index in [4.69, 9.17) is 19.9 Å². The third-order valence-corrected chi connectivity index (χ3v) is 9.45. The van der Waals surface area contributed by atoms with Gasteiger partial charge in [-0.15, -0.1) is 11.3 Å². The number of para-hydroxylation sites is 3. The van der Waals surface area contributed by atoms with Crippen LogP contribution < -0.4 is 0 Å². The Balaban J connectivity index is 1.18. The van der Waals surface area contributed by atoms with Crippen LogP contribution in [-0.2, 0) is 0 Å². The quantitative estimate of drug-likeness (QED) is 0.195. The van der Waals surface area contributed by atoms with E-state index in [0.29, 0.717) is 23.3 Å². The second-order valence-corrected chi connectivity index (χ2v) is 12.2. The molecule has 0 radical (unpaired) electrons. The summed E-state index contributed by atoms with van der Waals surface area (Å²) in [5, 5.41) is 2.59. The zero-order valence-electron chi connectivity index (χ0n) is 24.6. The van der Waals surface area contributed by atoms with Gasteiger partial charge in [0.25, 0.3) is 0 Å². The van der Waals surface area contributed by atoms with Gasteiger partial charge in [-0.2, -0.15) is 0 Å². The first kappa shape index (κ1) is 26.4. The van der Waals surface area contributed by atoms with E-state index in [1.807, 2.05) is 78.1 Å². The number of hydrogen-bond acceptors (Lipinski definition) is 5. The van der Waals surface area contributed by atoms with Gasteiger partial charge in [0, 0.05) is 37.0 Å². The predicted octanol–water partition coefficient (Wildman–Crippen LogP) is 10.2. The largest absolute Gasteiger partial charge is 0.290 e. The molecular formula is C40H25N5S. The molecule has 0 unspecified atom stereocenters. The summed E-state index contributed by atoms with van der Waals surface area (Å²) in [5.74, 6) is 2.39. The van der Waals surface area contributed by atoms with Crippen LogP contribution in [0.4, 0.5) is 0 Å². The Kier molecular flexibility index (Phi) is 6.25. The summed E-state index contributed by atoms with van der Waals surface area (Å²) >= 11 is 1.84. The van der Waals surface area contributed by atoms with Crippen LogP contribution in [-0.4, -0.2) is 24.5 Å². The summed E-state index contributed by atoms with van der Waals surface area (Å²) in [5.41, 5.74) is 7.02. The van der Waals surface area contributed by atoms with Crippen LogP contribution in [0.25, 0.3) is 82.4 Å². The molecule has 0 saturated carbocycles. The lowest BCUT2D eigenvalue weighted by molar-refractivity contribution is 1.01. The number of benzene rings is 6. The van der Waals surface area contributed by atoms with Gasteiger partial charge in [0.15, 0.2) is 23.3 Å². The Hall–Kier alpha value is -5.98. The molecule has 9 aromatic rings. The monoisotopic (exact) mass is 607 g/mol. The van der Waals surface area contributed by atoms with Crippen molar-refractivity contribution >= 4 is 42.5 Å². The summed E-state index contributed by atoms with van der Waals surface area (Å²) in [6, 6.07) is 52.2. The first-order chi connectivity index (χ1) is 22.8. The highest BCUT2D eigenvalue weighted by molar-refractivity contribution is 7.25. The second-order valence-electron chi connectivity index (χ2n) is 11.2. The minimum Gasteiger partial charge on any atom is -0.290 e. The number of aromatic nitrogens is 5. The van der Waals surface area contributed by atoms with E-state index in [9.17, 15) is 0 Å². The van der Waals surface area contributed by atoms with E-state index in [1.54, 1.807) is 0 Å². The molecule has 3 aromatic heterocycles. The first-order valence-corrected chi connectivity index (χ1v) is 16.0. The molecule has 0 atom stereocenters. The smallest absolute Gasteiger partial charge is 0.200 e. The molecule has 0 aliphatic rings. The van der Waals surface area contributed by atoms with Gasteiger partial charge < -0.3 is 0 Å². The molecule has 5 nitrogen and oxygen atoms in total. The van der Waals surface area contributed by atoms with Gasteiger partial charge in [0.05, 0.1) is 11.0 Å². The zero-order chi connectivity index (χ0) is 30.5. The van der Waals surface area contributed by atoms with Gasteiger partial charge in [-0.3, -0.25) is 4.57 Å². The number of fused-ring (bicyclic) bond motifs is 4. The summed E-state index contributed by atoms with van der Waals surface area (Å²) < 4.78 is 4.73. The van der Waals surface area contributed by atoms with Crippen molar-refractivity contribution in [2.24, 2.45) is 0 Å². The van der Waals surface area contributed by atoms with Crippen molar-refractivity contribution in [3.8, 4) is 51.2 Å². The van der Waals surface area contributed by atoms with Crippen molar-refractivity contribution in [1.82, 2.24) is 24.5 Å². The van der Waals surface area contributed by atoms with Crippen molar-refractivity contribution in [1.29, 1.82) is 0 Å². The van der Waals surface area contributed by atoms with E-state index < -0.39 is 0 Å². The normalized spacial score (nSPS) is 11.5. The van der Waals surface area contributed by atoms with Crippen molar-refractivity contribution < 1.29 is 0 Å². The molecule has 0 aliphatic heterocycles. The summed E-state index contributed by atoms with van der Waals surface area (Å²) in [7, 11) is 0. The van der Waals surface area contributed by atoms with E-state index in [2.05, 4.69) is 89.5 Å². The maximum Gasteiger partial charge on any atom is 0.200 e. The molecule has 0 amide bonds. The fraction of sp³-hybridized carbons (Fsp3) is 0. The van der Waals surface area contributed by atoms with Crippen molar-refractivity contribution in [2.75, 3.05) is 0 Å².